The Labute approximate surface area is 154 Å². The second kappa shape index (κ2) is 7.03. The van der Waals surface area contributed by atoms with Gasteiger partial charge in [-0.3, -0.25) is 4.79 Å². The highest BCUT2D eigenvalue weighted by atomic mass is 16.2. The maximum absolute atomic E-state index is 12.6. The zero-order valence-corrected chi connectivity index (χ0v) is 15.1. The largest absolute Gasteiger partial charge is 0.353 e. The van der Waals surface area contributed by atoms with Gasteiger partial charge in [-0.1, -0.05) is 18.2 Å². The van der Waals surface area contributed by atoms with Crippen LogP contribution >= 0.6 is 0 Å². The smallest absolute Gasteiger partial charge is 0.253 e. The summed E-state index contributed by atoms with van der Waals surface area (Å²) in [6.45, 7) is 4.94. The third-order valence-corrected chi connectivity index (χ3v) is 5.35. The van der Waals surface area contributed by atoms with Crippen LogP contribution in [0.25, 0.3) is 0 Å². The summed E-state index contributed by atoms with van der Waals surface area (Å²) in [5.74, 6) is 2.35. The SMILES string of the molecule is Cc1nc(C2CC(N)C2)cc(N2CCN(C(=O)c3ccccc3)CC2)n1. The fourth-order valence-electron chi connectivity index (χ4n) is 3.75. The van der Waals surface area contributed by atoms with Crippen molar-refractivity contribution in [2.45, 2.75) is 31.7 Å². The molecule has 1 aliphatic carbocycles. The third kappa shape index (κ3) is 3.42. The molecule has 0 atom stereocenters. The molecule has 2 fully saturated rings. The Morgan fingerprint density at radius 2 is 1.77 bits per heavy atom. The number of hydrogen-bond donors (Lipinski definition) is 1. The fourth-order valence-corrected chi connectivity index (χ4v) is 3.75. The summed E-state index contributed by atoms with van der Waals surface area (Å²) < 4.78 is 0. The van der Waals surface area contributed by atoms with E-state index in [-0.39, 0.29) is 5.91 Å². The van der Waals surface area contributed by atoms with Crippen LogP contribution in [-0.4, -0.2) is 53.0 Å². The van der Waals surface area contributed by atoms with Crippen molar-refractivity contribution in [1.29, 1.82) is 0 Å². The van der Waals surface area contributed by atoms with Gasteiger partial charge in [-0.15, -0.1) is 0 Å². The molecule has 1 aromatic heterocycles. The summed E-state index contributed by atoms with van der Waals surface area (Å²) in [6, 6.07) is 11.9. The summed E-state index contributed by atoms with van der Waals surface area (Å²) in [6.07, 6.45) is 2.02. The molecular weight excluding hydrogens is 326 g/mol. The van der Waals surface area contributed by atoms with Crippen LogP contribution in [-0.2, 0) is 0 Å². The van der Waals surface area contributed by atoms with Gasteiger partial charge in [0.15, 0.2) is 0 Å². The highest BCUT2D eigenvalue weighted by molar-refractivity contribution is 5.94. The fraction of sp³-hybridized carbons (Fsp3) is 0.450. The lowest BCUT2D eigenvalue weighted by Gasteiger charge is -2.36. The summed E-state index contributed by atoms with van der Waals surface area (Å²) in [5.41, 5.74) is 7.79. The number of benzene rings is 1. The number of nitrogens with zero attached hydrogens (tertiary/aromatic N) is 4. The molecule has 0 unspecified atom stereocenters. The number of carbonyl (C=O) groups is 1. The monoisotopic (exact) mass is 351 g/mol. The molecule has 6 nitrogen and oxygen atoms in total. The van der Waals surface area contributed by atoms with Crippen molar-refractivity contribution in [2.24, 2.45) is 5.73 Å². The second-order valence-electron chi connectivity index (χ2n) is 7.27. The van der Waals surface area contributed by atoms with Crippen LogP contribution in [0, 0.1) is 6.92 Å². The maximum atomic E-state index is 12.6. The molecule has 2 aromatic rings. The van der Waals surface area contributed by atoms with Crippen molar-refractivity contribution in [3.05, 3.63) is 53.5 Å². The van der Waals surface area contributed by atoms with Gasteiger partial charge < -0.3 is 15.5 Å². The zero-order valence-electron chi connectivity index (χ0n) is 15.1. The van der Waals surface area contributed by atoms with E-state index >= 15 is 0 Å². The van der Waals surface area contributed by atoms with E-state index in [1.807, 2.05) is 42.2 Å². The van der Waals surface area contributed by atoms with Gasteiger partial charge in [0.1, 0.15) is 11.6 Å². The quantitative estimate of drug-likeness (QED) is 0.915. The molecule has 2 heterocycles. The molecule has 26 heavy (non-hydrogen) atoms. The Kier molecular flexibility index (Phi) is 4.59. The van der Waals surface area contributed by atoms with E-state index in [1.165, 1.54) is 0 Å². The molecule has 4 rings (SSSR count). The normalized spacial score (nSPS) is 22.8. The van der Waals surface area contributed by atoms with Gasteiger partial charge >= 0.3 is 0 Å². The van der Waals surface area contributed by atoms with E-state index in [0.717, 1.165) is 48.8 Å². The van der Waals surface area contributed by atoms with Gasteiger partial charge in [0.25, 0.3) is 5.91 Å². The van der Waals surface area contributed by atoms with E-state index in [1.54, 1.807) is 0 Å². The van der Waals surface area contributed by atoms with Gasteiger partial charge in [-0.05, 0) is 31.9 Å². The van der Waals surface area contributed by atoms with E-state index in [4.69, 9.17) is 5.73 Å². The molecule has 0 spiro atoms. The molecule has 1 saturated carbocycles. The number of nitrogens with two attached hydrogens (primary N) is 1. The van der Waals surface area contributed by atoms with Gasteiger partial charge in [0.2, 0.25) is 0 Å². The average Bonchev–Trinajstić information content (AvgIpc) is 2.65. The summed E-state index contributed by atoms with van der Waals surface area (Å²) in [7, 11) is 0. The molecule has 1 aliphatic heterocycles. The Morgan fingerprint density at radius 1 is 1.08 bits per heavy atom. The van der Waals surface area contributed by atoms with Gasteiger partial charge in [0.05, 0.1) is 0 Å². The molecule has 136 valence electrons. The van der Waals surface area contributed by atoms with Crippen LogP contribution in [0.2, 0.25) is 0 Å². The Morgan fingerprint density at radius 3 is 2.42 bits per heavy atom. The van der Waals surface area contributed by atoms with E-state index in [0.29, 0.717) is 25.0 Å². The summed E-state index contributed by atoms with van der Waals surface area (Å²) in [4.78, 5) is 26.0. The Bertz CT molecular complexity index is 780. The molecule has 0 radical (unpaired) electrons. The average molecular weight is 351 g/mol. The van der Waals surface area contributed by atoms with Crippen molar-refractivity contribution in [3.63, 3.8) is 0 Å². The maximum Gasteiger partial charge on any atom is 0.253 e. The van der Waals surface area contributed by atoms with E-state index < -0.39 is 0 Å². The van der Waals surface area contributed by atoms with Crippen LogP contribution in [0.15, 0.2) is 36.4 Å². The van der Waals surface area contributed by atoms with E-state index in [2.05, 4.69) is 20.9 Å². The first-order valence-electron chi connectivity index (χ1n) is 9.30. The minimum atomic E-state index is 0.105. The van der Waals surface area contributed by atoms with Crippen LogP contribution < -0.4 is 10.6 Å². The number of amides is 1. The second-order valence-corrected chi connectivity index (χ2v) is 7.27. The molecule has 1 aromatic carbocycles. The van der Waals surface area contributed by atoms with Crippen molar-refractivity contribution in [3.8, 4) is 0 Å². The van der Waals surface area contributed by atoms with Crippen molar-refractivity contribution in [2.75, 3.05) is 31.1 Å². The van der Waals surface area contributed by atoms with Crippen LogP contribution in [0.3, 0.4) is 0 Å². The minimum Gasteiger partial charge on any atom is -0.353 e. The lowest BCUT2D eigenvalue weighted by molar-refractivity contribution is 0.0746. The first kappa shape index (κ1) is 17.0. The molecule has 2 N–H and O–H groups in total. The lowest BCUT2D eigenvalue weighted by Crippen LogP contribution is -2.49. The molecule has 1 amide bonds. The first-order chi connectivity index (χ1) is 12.6. The lowest BCUT2D eigenvalue weighted by atomic mass is 9.78. The van der Waals surface area contributed by atoms with Crippen LogP contribution in [0.1, 0.15) is 40.6 Å². The highest BCUT2D eigenvalue weighted by Crippen LogP contribution is 2.35. The van der Waals surface area contributed by atoms with Crippen molar-refractivity contribution >= 4 is 11.7 Å². The number of hydrogen-bond acceptors (Lipinski definition) is 5. The topological polar surface area (TPSA) is 75.3 Å². The third-order valence-electron chi connectivity index (χ3n) is 5.35. The molecule has 2 aliphatic rings. The predicted octanol–water partition coefficient (Wildman–Crippen LogP) is 1.95. The molecule has 1 saturated heterocycles. The van der Waals surface area contributed by atoms with Crippen molar-refractivity contribution < 1.29 is 4.79 Å². The number of rotatable bonds is 3. The number of aryl methyl sites for hydroxylation is 1. The zero-order chi connectivity index (χ0) is 18.1. The molecule has 6 heteroatoms. The minimum absolute atomic E-state index is 0.105. The van der Waals surface area contributed by atoms with Crippen molar-refractivity contribution in [1.82, 2.24) is 14.9 Å². The first-order valence-corrected chi connectivity index (χ1v) is 9.30. The van der Waals surface area contributed by atoms with Crippen LogP contribution in [0.4, 0.5) is 5.82 Å². The number of carbonyl (C=O) groups excluding carboxylic acids is 1. The molecular formula is C20H25N5O. The standard InChI is InChI=1S/C20H25N5O/c1-14-22-18(16-11-17(21)12-16)13-19(23-14)24-7-9-25(10-8-24)20(26)15-5-3-2-4-6-15/h2-6,13,16-17H,7-12,21H2,1H3. The number of piperazine rings is 1. The Hall–Kier alpha value is -2.47. The summed E-state index contributed by atoms with van der Waals surface area (Å²) in [5, 5.41) is 0. The molecule has 0 bridgehead atoms. The van der Waals surface area contributed by atoms with E-state index in [9.17, 15) is 4.79 Å². The van der Waals surface area contributed by atoms with Gasteiger partial charge in [0, 0.05) is 55.5 Å². The predicted molar refractivity (Wildman–Crippen MR) is 101 cm³/mol. The number of anilines is 1. The highest BCUT2D eigenvalue weighted by Gasteiger charge is 2.30. The van der Waals surface area contributed by atoms with Gasteiger partial charge in [-0.2, -0.15) is 0 Å². The Balaban J connectivity index is 1.42. The number of aromatic nitrogens is 2. The summed E-state index contributed by atoms with van der Waals surface area (Å²) >= 11 is 0. The van der Waals surface area contributed by atoms with Crippen LogP contribution in [0.5, 0.6) is 0 Å². The van der Waals surface area contributed by atoms with Gasteiger partial charge in [-0.25, -0.2) is 9.97 Å².